The summed E-state index contributed by atoms with van der Waals surface area (Å²) in [5, 5.41) is 16.9. The summed E-state index contributed by atoms with van der Waals surface area (Å²) < 4.78 is 0. The first-order valence-electron chi connectivity index (χ1n) is 10.3. The molecule has 1 aromatic rings. The molecule has 1 aliphatic carbocycles. The van der Waals surface area contributed by atoms with Crippen molar-refractivity contribution in [1.29, 1.82) is 0 Å². The van der Waals surface area contributed by atoms with Crippen LogP contribution in [-0.4, -0.2) is 65.3 Å². The van der Waals surface area contributed by atoms with Gasteiger partial charge in [0.05, 0.1) is 12.3 Å². The molecular weight excluding hydrogens is 326 g/mol. The highest BCUT2D eigenvalue weighted by Gasteiger charge is 2.36. The molecule has 3 N–H and O–H groups in total. The second-order valence-corrected chi connectivity index (χ2v) is 8.45. The zero-order chi connectivity index (χ0) is 18.0. The molecule has 3 heterocycles. The van der Waals surface area contributed by atoms with Gasteiger partial charge in [-0.05, 0) is 45.6 Å². The third-order valence-electron chi connectivity index (χ3n) is 6.66. The molecule has 0 radical (unpaired) electrons. The summed E-state index contributed by atoms with van der Waals surface area (Å²) >= 11 is 0. The van der Waals surface area contributed by atoms with Crippen LogP contribution >= 0.6 is 0 Å². The van der Waals surface area contributed by atoms with Gasteiger partial charge in [-0.2, -0.15) is 0 Å². The number of nitrogens with zero attached hydrogens (tertiary/aromatic N) is 3. The monoisotopic (exact) mass is 359 g/mol. The lowest BCUT2D eigenvalue weighted by molar-refractivity contribution is 0.0575. The van der Waals surface area contributed by atoms with Gasteiger partial charge in [-0.3, -0.25) is 4.90 Å². The predicted molar refractivity (Wildman–Crippen MR) is 104 cm³/mol. The molecule has 6 nitrogen and oxygen atoms in total. The van der Waals surface area contributed by atoms with E-state index < -0.39 is 0 Å². The molecule has 3 aliphatic rings. The van der Waals surface area contributed by atoms with E-state index in [2.05, 4.69) is 15.5 Å². The van der Waals surface area contributed by atoms with Crippen LogP contribution in [0.1, 0.15) is 49.2 Å². The highest BCUT2D eigenvalue weighted by Crippen LogP contribution is 2.40. The molecule has 1 atom stereocenters. The highest BCUT2D eigenvalue weighted by atomic mass is 16.3. The molecule has 0 spiro atoms. The molecule has 26 heavy (non-hydrogen) atoms. The van der Waals surface area contributed by atoms with Crippen LogP contribution in [0.2, 0.25) is 0 Å². The Morgan fingerprint density at radius 3 is 2.77 bits per heavy atom. The first-order valence-corrected chi connectivity index (χ1v) is 10.3. The van der Waals surface area contributed by atoms with Crippen molar-refractivity contribution in [3.8, 4) is 0 Å². The van der Waals surface area contributed by atoms with Gasteiger partial charge in [-0.15, -0.1) is 0 Å². The van der Waals surface area contributed by atoms with Crippen molar-refractivity contribution in [3.63, 3.8) is 0 Å². The van der Waals surface area contributed by atoms with Crippen LogP contribution in [0, 0.1) is 12.3 Å². The first-order chi connectivity index (χ1) is 12.7. The van der Waals surface area contributed by atoms with E-state index in [1.165, 1.54) is 30.5 Å². The number of piperidine rings is 1. The topological polar surface area (TPSA) is 73.3 Å². The van der Waals surface area contributed by atoms with Gasteiger partial charge in [-0.25, -0.2) is 9.97 Å². The maximum absolute atomic E-state index is 9.75. The van der Waals surface area contributed by atoms with E-state index in [4.69, 9.17) is 9.97 Å². The number of hydrogen-bond donors (Lipinski definition) is 3. The Balaban J connectivity index is 1.47. The zero-order valence-electron chi connectivity index (χ0n) is 16.1. The molecule has 4 rings (SSSR count). The first kappa shape index (κ1) is 18.1. The van der Waals surface area contributed by atoms with Gasteiger partial charge in [0.1, 0.15) is 11.6 Å². The van der Waals surface area contributed by atoms with Gasteiger partial charge in [0.25, 0.3) is 0 Å². The lowest BCUT2D eigenvalue weighted by atomic mass is 9.69. The molecule has 0 bridgehead atoms. The van der Waals surface area contributed by atoms with Crippen LogP contribution in [0.5, 0.6) is 0 Å². The fourth-order valence-electron chi connectivity index (χ4n) is 4.74. The summed E-state index contributed by atoms with van der Waals surface area (Å²) in [6.45, 7) is 7.55. The quantitative estimate of drug-likeness (QED) is 0.740. The minimum absolute atomic E-state index is 0.0657. The fourth-order valence-corrected chi connectivity index (χ4v) is 4.74. The van der Waals surface area contributed by atoms with Gasteiger partial charge < -0.3 is 15.7 Å². The molecular formula is C20H33N5O. The minimum Gasteiger partial charge on any atom is -0.396 e. The lowest BCUT2D eigenvalue weighted by Crippen LogP contribution is -2.46. The molecule has 2 aliphatic heterocycles. The van der Waals surface area contributed by atoms with Crippen LogP contribution in [0.25, 0.3) is 0 Å². The maximum atomic E-state index is 9.75. The predicted octanol–water partition coefficient (Wildman–Crippen LogP) is 1.51. The van der Waals surface area contributed by atoms with Gasteiger partial charge in [0.2, 0.25) is 0 Å². The van der Waals surface area contributed by atoms with E-state index in [-0.39, 0.29) is 12.0 Å². The lowest BCUT2D eigenvalue weighted by Gasteiger charge is -2.40. The van der Waals surface area contributed by atoms with Crippen molar-refractivity contribution in [1.82, 2.24) is 20.2 Å². The fraction of sp³-hybridized carbons (Fsp3) is 0.800. The minimum atomic E-state index is 0.0657. The Kier molecular flexibility index (Phi) is 5.43. The number of fused-ring (bicyclic) bond motifs is 1. The van der Waals surface area contributed by atoms with E-state index in [0.29, 0.717) is 6.04 Å². The normalized spacial score (nSPS) is 25.8. The van der Waals surface area contributed by atoms with Gasteiger partial charge in [0.15, 0.2) is 0 Å². The van der Waals surface area contributed by atoms with Crippen molar-refractivity contribution < 1.29 is 5.11 Å². The standard InChI is InChI=1S/C20H33N5O/c1-15-23-18-6-11-25(16-4-2-9-21-12-16)10-5-17(18)19(24-15)22-13-20(14-26)7-3-8-20/h16,21,26H,2-14H2,1H3,(H,22,23,24)/t16-/m1/s1. The second-order valence-electron chi connectivity index (χ2n) is 8.45. The highest BCUT2D eigenvalue weighted by molar-refractivity contribution is 5.48. The molecule has 6 heteroatoms. The third kappa shape index (κ3) is 3.73. The molecule has 0 amide bonds. The molecule has 1 aromatic heterocycles. The van der Waals surface area contributed by atoms with Crippen LogP contribution in [0.15, 0.2) is 0 Å². The number of hydrogen-bond acceptors (Lipinski definition) is 6. The molecule has 0 unspecified atom stereocenters. The Hall–Kier alpha value is -1.24. The van der Waals surface area contributed by atoms with E-state index in [9.17, 15) is 5.11 Å². The van der Waals surface area contributed by atoms with E-state index in [1.54, 1.807) is 0 Å². The summed E-state index contributed by atoms with van der Waals surface area (Å²) in [6.07, 6.45) is 8.07. The zero-order valence-corrected chi connectivity index (χ0v) is 16.1. The number of anilines is 1. The number of aryl methyl sites for hydroxylation is 1. The van der Waals surface area contributed by atoms with Gasteiger partial charge in [-0.1, -0.05) is 6.42 Å². The van der Waals surface area contributed by atoms with Crippen molar-refractivity contribution in [2.75, 3.05) is 44.6 Å². The van der Waals surface area contributed by atoms with Crippen LogP contribution < -0.4 is 10.6 Å². The van der Waals surface area contributed by atoms with Crippen molar-refractivity contribution >= 4 is 5.82 Å². The number of aliphatic hydroxyl groups excluding tert-OH is 1. The summed E-state index contributed by atoms with van der Waals surface area (Å²) in [6, 6.07) is 0.663. The van der Waals surface area contributed by atoms with Crippen molar-refractivity contribution in [3.05, 3.63) is 17.1 Å². The number of aromatic nitrogens is 2. The Morgan fingerprint density at radius 1 is 1.23 bits per heavy atom. The summed E-state index contributed by atoms with van der Waals surface area (Å²) in [4.78, 5) is 12.1. The molecule has 144 valence electrons. The molecule has 1 saturated heterocycles. The molecule has 2 fully saturated rings. The average Bonchev–Trinajstić information content (AvgIpc) is 2.84. The van der Waals surface area contributed by atoms with Crippen molar-refractivity contribution in [2.45, 2.75) is 57.9 Å². The Morgan fingerprint density at radius 2 is 2.08 bits per heavy atom. The SMILES string of the molecule is Cc1nc2c(c(NCC3(CO)CCC3)n1)CCN([C@@H]1CCCNC1)CC2. The van der Waals surface area contributed by atoms with Crippen LogP contribution in [0.4, 0.5) is 5.82 Å². The molecule has 1 saturated carbocycles. The Labute approximate surface area is 156 Å². The maximum Gasteiger partial charge on any atom is 0.133 e. The third-order valence-corrected chi connectivity index (χ3v) is 6.66. The van der Waals surface area contributed by atoms with Gasteiger partial charge in [0, 0.05) is 49.6 Å². The van der Waals surface area contributed by atoms with Gasteiger partial charge >= 0.3 is 0 Å². The smallest absolute Gasteiger partial charge is 0.133 e. The Bertz CT molecular complexity index is 619. The average molecular weight is 360 g/mol. The summed E-state index contributed by atoms with van der Waals surface area (Å²) in [5.41, 5.74) is 2.59. The summed E-state index contributed by atoms with van der Waals surface area (Å²) in [7, 11) is 0. The number of aliphatic hydroxyl groups is 1. The second kappa shape index (κ2) is 7.79. The van der Waals surface area contributed by atoms with Crippen LogP contribution in [-0.2, 0) is 12.8 Å². The van der Waals surface area contributed by atoms with E-state index in [0.717, 1.165) is 70.0 Å². The van der Waals surface area contributed by atoms with Crippen LogP contribution in [0.3, 0.4) is 0 Å². The number of nitrogens with one attached hydrogen (secondary N) is 2. The molecule has 0 aromatic carbocycles. The van der Waals surface area contributed by atoms with E-state index in [1.807, 2.05) is 6.92 Å². The van der Waals surface area contributed by atoms with E-state index >= 15 is 0 Å². The van der Waals surface area contributed by atoms with Crippen molar-refractivity contribution in [2.24, 2.45) is 5.41 Å². The number of rotatable bonds is 5. The summed E-state index contributed by atoms with van der Waals surface area (Å²) in [5.74, 6) is 1.86. The largest absolute Gasteiger partial charge is 0.396 e.